The van der Waals surface area contributed by atoms with E-state index in [1.54, 1.807) is 12.1 Å². The number of carbonyl (C=O) groups is 1. The van der Waals surface area contributed by atoms with Crippen LogP contribution in [0.15, 0.2) is 107 Å². The Hall–Kier alpha value is -4.64. The minimum atomic E-state index is -4.56. The van der Waals surface area contributed by atoms with Crippen LogP contribution in [0.25, 0.3) is 21.5 Å². The van der Waals surface area contributed by atoms with Crippen LogP contribution in [0, 0.1) is 5.92 Å². The van der Waals surface area contributed by atoms with E-state index in [1.807, 2.05) is 50.3 Å². The monoisotopic (exact) mass is 722 g/mol. The van der Waals surface area contributed by atoms with Crippen LogP contribution in [0.5, 0.6) is 0 Å². The molecule has 272 valence electrons. The molecule has 2 heterocycles. The summed E-state index contributed by atoms with van der Waals surface area (Å²) in [6.45, 7) is 11.6. The van der Waals surface area contributed by atoms with E-state index in [-0.39, 0.29) is 22.5 Å². The SMILES string of the molecule is CCN1C(=CC2=C(O)C(C=C3N(CCCCCC(=O)O)c4c(cc(S(=O)(=O)O)c5ccccc45)C3(C)C)C2O)C(C)(C)c2ccc3ccccc3c21. The number of aliphatic carboxylic acids is 1. The van der Waals surface area contributed by atoms with Crippen LogP contribution < -0.4 is 9.80 Å². The van der Waals surface area contributed by atoms with Crippen LogP contribution in [-0.4, -0.2) is 53.5 Å². The number of nitrogens with zero attached hydrogens (tertiary/aromatic N) is 2. The number of allylic oxidation sites excluding steroid dienone is 2. The van der Waals surface area contributed by atoms with E-state index in [1.165, 1.54) is 11.6 Å². The predicted molar refractivity (Wildman–Crippen MR) is 206 cm³/mol. The predicted octanol–water partition coefficient (Wildman–Crippen LogP) is 8.37. The van der Waals surface area contributed by atoms with E-state index in [4.69, 9.17) is 5.11 Å². The maximum atomic E-state index is 12.6. The van der Waals surface area contributed by atoms with Crippen molar-refractivity contribution in [3.8, 4) is 0 Å². The van der Waals surface area contributed by atoms with Gasteiger partial charge in [0.25, 0.3) is 10.1 Å². The third-order valence-corrected chi connectivity index (χ3v) is 12.3. The molecule has 4 aromatic rings. The lowest BCUT2D eigenvalue weighted by Crippen LogP contribution is -2.38. The molecule has 0 amide bonds. The molecular formula is C42H46N2O7S. The van der Waals surface area contributed by atoms with E-state index >= 15 is 0 Å². The van der Waals surface area contributed by atoms with Crippen LogP contribution in [0.3, 0.4) is 0 Å². The summed E-state index contributed by atoms with van der Waals surface area (Å²) in [6.07, 6.45) is 4.77. The number of aliphatic hydroxyl groups excluding tert-OH is 2. The molecule has 4 aromatic carbocycles. The maximum absolute atomic E-state index is 12.6. The van der Waals surface area contributed by atoms with Crippen LogP contribution in [0.1, 0.15) is 71.4 Å². The number of fused-ring (bicyclic) bond motifs is 6. The Kier molecular flexibility index (Phi) is 8.79. The Morgan fingerprint density at radius 1 is 0.827 bits per heavy atom. The first-order valence-corrected chi connectivity index (χ1v) is 19.4. The molecule has 0 aromatic heterocycles. The summed E-state index contributed by atoms with van der Waals surface area (Å²) in [6, 6.07) is 21.2. The Balaban J connectivity index is 1.31. The van der Waals surface area contributed by atoms with Gasteiger partial charge >= 0.3 is 5.97 Å². The average molecular weight is 723 g/mol. The summed E-state index contributed by atoms with van der Waals surface area (Å²) in [5, 5.41) is 36.0. The second-order valence-corrected chi connectivity index (χ2v) is 16.6. The van der Waals surface area contributed by atoms with Gasteiger partial charge in [-0.15, -0.1) is 0 Å². The highest BCUT2D eigenvalue weighted by molar-refractivity contribution is 7.86. The van der Waals surface area contributed by atoms with Gasteiger partial charge in [0.1, 0.15) is 10.7 Å². The number of carboxylic acids is 1. The van der Waals surface area contributed by atoms with Crippen molar-refractivity contribution >= 4 is 49.0 Å². The van der Waals surface area contributed by atoms with Gasteiger partial charge in [-0.2, -0.15) is 8.42 Å². The lowest BCUT2D eigenvalue weighted by molar-refractivity contribution is -0.137. The molecule has 9 nitrogen and oxygen atoms in total. The molecule has 10 heteroatoms. The zero-order valence-corrected chi connectivity index (χ0v) is 31.0. The molecule has 4 N–H and O–H groups in total. The Morgan fingerprint density at radius 2 is 1.46 bits per heavy atom. The van der Waals surface area contributed by atoms with Crippen molar-refractivity contribution in [1.82, 2.24) is 0 Å². The molecule has 0 spiro atoms. The lowest BCUT2D eigenvalue weighted by atomic mass is 9.75. The number of unbranched alkanes of at least 4 members (excludes halogenated alkanes) is 2. The fourth-order valence-corrected chi connectivity index (χ4v) is 9.35. The number of carboxylic acid groups (broad SMARTS) is 1. The maximum Gasteiger partial charge on any atom is 0.303 e. The van der Waals surface area contributed by atoms with Gasteiger partial charge in [-0.25, -0.2) is 0 Å². The van der Waals surface area contributed by atoms with Crippen LogP contribution >= 0.6 is 0 Å². The molecule has 3 aliphatic rings. The van der Waals surface area contributed by atoms with Crippen molar-refractivity contribution in [3.63, 3.8) is 0 Å². The zero-order valence-electron chi connectivity index (χ0n) is 30.2. The molecule has 0 radical (unpaired) electrons. The second-order valence-electron chi connectivity index (χ2n) is 15.2. The molecule has 52 heavy (non-hydrogen) atoms. The molecule has 0 saturated heterocycles. The molecule has 1 aliphatic carbocycles. The van der Waals surface area contributed by atoms with Gasteiger partial charge in [0, 0.05) is 63.5 Å². The first-order chi connectivity index (χ1) is 24.6. The van der Waals surface area contributed by atoms with Crippen molar-refractivity contribution in [1.29, 1.82) is 0 Å². The molecule has 2 aliphatic heterocycles. The quantitative estimate of drug-likeness (QED) is 0.0940. The first-order valence-electron chi connectivity index (χ1n) is 18.0. The third kappa shape index (κ3) is 5.59. The number of hydrogen-bond acceptors (Lipinski definition) is 7. The minimum absolute atomic E-state index is 0.0736. The van der Waals surface area contributed by atoms with E-state index in [9.17, 15) is 28.0 Å². The number of benzene rings is 4. The van der Waals surface area contributed by atoms with Gasteiger partial charge in [-0.3, -0.25) is 9.35 Å². The van der Waals surface area contributed by atoms with Gasteiger partial charge in [0.15, 0.2) is 0 Å². The van der Waals surface area contributed by atoms with E-state index in [0.717, 1.165) is 33.5 Å². The molecule has 0 saturated carbocycles. The first kappa shape index (κ1) is 35.7. The fourth-order valence-electron chi connectivity index (χ4n) is 8.63. The Labute approximate surface area is 304 Å². The minimum Gasteiger partial charge on any atom is -0.511 e. The van der Waals surface area contributed by atoms with Crippen molar-refractivity contribution in [2.24, 2.45) is 5.92 Å². The summed E-state index contributed by atoms with van der Waals surface area (Å²) in [5.74, 6) is -1.47. The number of anilines is 2. The Bertz CT molecular complexity index is 2340. The summed E-state index contributed by atoms with van der Waals surface area (Å²) in [4.78, 5) is 15.4. The van der Waals surface area contributed by atoms with Crippen molar-refractivity contribution in [2.45, 2.75) is 82.1 Å². The van der Waals surface area contributed by atoms with Crippen LogP contribution in [0.2, 0.25) is 0 Å². The van der Waals surface area contributed by atoms with E-state index < -0.39 is 33.5 Å². The van der Waals surface area contributed by atoms with E-state index in [0.29, 0.717) is 54.3 Å². The highest BCUT2D eigenvalue weighted by Gasteiger charge is 2.47. The molecule has 2 atom stereocenters. The number of aliphatic hydroxyl groups is 2. The smallest absolute Gasteiger partial charge is 0.303 e. The summed E-state index contributed by atoms with van der Waals surface area (Å²) in [5.41, 5.74) is 4.92. The molecule has 0 fully saturated rings. The zero-order chi connectivity index (χ0) is 37.3. The van der Waals surface area contributed by atoms with Gasteiger partial charge < -0.3 is 25.1 Å². The third-order valence-electron chi connectivity index (χ3n) is 11.4. The Morgan fingerprint density at radius 3 is 2.12 bits per heavy atom. The largest absolute Gasteiger partial charge is 0.511 e. The van der Waals surface area contributed by atoms with Crippen LogP contribution in [-0.2, 0) is 25.7 Å². The van der Waals surface area contributed by atoms with Crippen LogP contribution in [0.4, 0.5) is 11.4 Å². The van der Waals surface area contributed by atoms with E-state index in [2.05, 4.69) is 54.8 Å². The lowest BCUT2D eigenvalue weighted by Gasteiger charge is -2.37. The topological polar surface area (TPSA) is 139 Å². The number of rotatable bonds is 10. The highest BCUT2D eigenvalue weighted by atomic mass is 32.2. The summed E-state index contributed by atoms with van der Waals surface area (Å²) >= 11 is 0. The average Bonchev–Trinajstić information content (AvgIpc) is 3.46. The highest BCUT2D eigenvalue weighted by Crippen LogP contribution is 2.55. The fraction of sp³-hybridized carbons (Fsp3) is 0.357. The van der Waals surface area contributed by atoms with Gasteiger partial charge in [0.2, 0.25) is 0 Å². The molecule has 7 rings (SSSR count). The molecule has 2 unspecified atom stereocenters. The summed E-state index contributed by atoms with van der Waals surface area (Å²) < 4.78 is 35.6. The van der Waals surface area contributed by atoms with Crippen molar-refractivity contribution < 1.29 is 33.1 Å². The van der Waals surface area contributed by atoms with Crippen molar-refractivity contribution in [3.05, 3.63) is 113 Å². The van der Waals surface area contributed by atoms with Gasteiger partial charge in [-0.1, -0.05) is 101 Å². The number of likely N-dealkylation sites (N-methyl/N-ethyl adjacent to an activating group) is 1. The summed E-state index contributed by atoms with van der Waals surface area (Å²) in [7, 11) is -4.56. The normalized spacial score (nSPS) is 22.1. The molecular weight excluding hydrogens is 677 g/mol. The second kappa shape index (κ2) is 12.8. The van der Waals surface area contributed by atoms with Crippen molar-refractivity contribution in [2.75, 3.05) is 22.9 Å². The molecule has 0 bridgehead atoms. The van der Waals surface area contributed by atoms with Gasteiger partial charge in [0.05, 0.1) is 23.4 Å². The van der Waals surface area contributed by atoms with Gasteiger partial charge in [-0.05, 0) is 48.4 Å². The number of hydrogen-bond donors (Lipinski definition) is 4. The standard InChI is InChI=1S/C42H46N2O7S/c1-6-43-34(41(2,3)31-20-19-25-14-9-10-15-26(25)37(31)43)22-29-39(47)30(40(29)48)23-35-42(4,5)32-24-33(52(49,50)51)27-16-11-12-17-28(27)38(32)44(35)21-13-7-8-18-36(45)46/h9-12,14-17,19-20,22-24,30,39,47-48H,6-8,13,18,21H2,1-5H3,(H,45,46)(H,49,50,51).